The molecule has 4 heteroatoms. The number of amides is 1. The van der Waals surface area contributed by atoms with E-state index in [2.05, 4.69) is 40.5 Å². The molecule has 1 aromatic carbocycles. The van der Waals surface area contributed by atoms with Crippen LogP contribution >= 0.6 is 0 Å². The fourth-order valence-corrected chi connectivity index (χ4v) is 2.18. The van der Waals surface area contributed by atoms with Crippen LogP contribution in [0.3, 0.4) is 0 Å². The Morgan fingerprint density at radius 1 is 1.32 bits per heavy atom. The SMILES string of the molecule is CCCn1ccc2cc(NC(=O)CCNC)ccc21. The molecule has 102 valence electrons. The fourth-order valence-electron chi connectivity index (χ4n) is 2.18. The lowest BCUT2D eigenvalue weighted by Gasteiger charge is -2.07. The Morgan fingerprint density at radius 2 is 2.16 bits per heavy atom. The summed E-state index contributed by atoms with van der Waals surface area (Å²) < 4.78 is 2.24. The summed E-state index contributed by atoms with van der Waals surface area (Å²) in [4.78, 5) is 11.7. The number of hydrogen-bond donors (Lipinski definition) is 2. The lowest BCUT2D eigenvalue weighted by atomic mass is 10.2. The van der Waals surface area contributed by atoms with E-state index in [1.165, 1.54) is 10.9 Å². The number of nitrogens with one attached hydrogen (secondary N) is 2. The largest absolute Gasteiger partial charge is 0.347 e. The van der Waals surface area contributed by atoms with Gasteiger partial charge in [-0.3, -0.25) is 4.79 Å². The van der Waals surface area contributed by atoms with Gasteiger partial charge in [0.25, 0.3) is 0 Å². The second-order valence-electron chi connectivity index (χ2n) is 4.68. The summed E-state index contributed by atoms with van der Waals surface area (Å²) in [5.41, 5.74) is 2.08. The first-order valence-electron chi connectivity index (χ1n) is 6.78. The van der Waals surface area contributed by atoms with E-state index in [-0.39, 0.29) is 5.91 Å². The van der Waals surface area contributed by atoms with Gasteiger partial charge in [-0.1, -0.05) is 6.92 Å². The summed E-state index contributed by atoms with van der Waals surface area (Å²) in [6, 6.07) is 8.15. The van der Waals surface area contributed by atoms with E-state index >= 15 is 0 Å². The molecule has 0 saturated carbocycles. The Kier molecular flexibility index (Phi) is 4.58. The Labute approximate surface area is 113 Å². The Hall–Kier alpha value is -1.81. The van der Waals surface area contributed by atoms with Crippen LogP contribution in [0.5, 0.6) is 0 Å². The highest BCUT2D eigenvalue weighted by Crippen LogP contribution is 2.21. The summed E-state index contributed by atoms with van der Waals surface area (Å²) in [6.45, 7) is 3.89. The molecule has 0 bridgehead atoms. The van der Waals surface area contributed by atoms with Gasteiger partial charge in [0, 0.05) is 42.3 Å². The van der Waals surface area contributed by atoms with Crippen molar-refractivity contribution in [2.75, 3.05) is 18.9 Å². The van der Waals surface area contributed by atoms with Crippen molar-refractivity contribution < 1.29 is 4.79 Å². The quantitative estimate of drug-likeness (QED) is 0.837. The highest BCUT2D eigenvalue weighted by Gasteiger charge is 2.04. The maximum atomic E-state index is 11.7. The molecule has 1 aromatic heterocycles. The number of nitrogens with zero attached hydrogens (tertiary/aromatic N) is 1. The van der Waals surface area contributed by atoms with Gasteiger partial charge in [0.05, 0.1) is 0 Å². The minimum Gasteiger partial charge on any atom is -0.347 e. The smallest absolute Gasteiger partial charge is 0.225 e. The van der Waals surface area contributed by atoms with Gasteiger partial charge in [0.2, 0.25) is 5.91 Å². The van der Waals surface area contributed by atoms with Crippen molar-refractivity contribution in [3.05, 3.63) is 30.5 Å². The zero-order chi connectivity index (χ0) is 13.7. The van der Waals surface area contributed by atoms with Crippen LogP contribution in [0.2, 0.25) is 0 Å². The molecule has 4 nitrogen and oxygen atoms in total. The average molecular weight is 259 g/mol. The van der Waals surface area contributed by atoms with Crippen molar-refractivity contribution in [2.24, 2.45) is 0 Å². The first kappa shape index (κ1) is 13.6. The predicted molar refractivity (Wildman–Crippen MR) is 79.4 cm³/mol. The molecule has 1 amide bonds. The number of aryl methyl sites for hydroxylation is 1. The number of rotatable bonds is 6. The summed E-state index contributed by atoms with van der Waals surface area (Å²) in [5, 5.41) is 7.06. The molecule has 0 atom stereocenters. The highest BCUT2D eigenvalue weighted by molar-refractivity contribution is 5.94. The molecular formula is C15H21N3O. The zero-order valence-corrected chi connectivity index (χ0v) is 11.6. The molecule has 0 aliphatic carbocycles. The van der Waals surface area contributed by atoms with E-state index in [0.717, 1.165) is 18.7 Å². The van der Waals surface area contributed by atoms with Gasteiger partial charge < -0.3 is 15.2 Å². The van der Waals surface area contributed by atoms with Crippen LogP contribution in [0.4, 0.5) is 5.69 Å². The maximum Gasteiger partial charge on any atom is 0.225 e. The molecule has 0 saturated heterocycles. The fraction of sp³-hybridized carbons (Fsp3) is 0.400. The van der Waals surface area contributed by atoms with Crippen LogP contribution in [-0.2, 0) is 11.3 Å². The molecule has 2 aromatic rings. The van der Waals surface area contributed by atoms with Crippen molar-refractivity contribution in [1.82, 2.24) is 9.88 Å². The molecule has 0 fully saturated rings. The number of anilines is 1. The van der Waals surface area contributed by atoms with Crippen LogP contribution in [0, 0.1) is 0 Å². The Balaban J connectivity index is 2.11. The minimum absolute atomic E-state index is 0.0432. The van der Waals surface area contributed by atoms with Gasteiger partial charge in [0.1, 0.15) is 0 Å². The molecule has 2 rings (SSSR count). The zero-order valence-electron chi connectivity index (χ0n) is 11.6. The Bertz CT molecular complexity index is 560. The number of hydrogen-bond acceptors (Lipinski definition) is 2. The van der Waals surface area contributed by atoms with Gasteiger partial charge in [-0.2, -0.15) is 0 Å². The molecule has 0 radical (unpaired) electrons. The maximum absolute atomic E-state index is 11.7. The van der Waals surface area contributed by atoms with Gasteiger partial charge >= 0.3 is 0 Å². The molecule has 0 spiro atoms. The van der Waals surface area contributed by atoms with Gasteiger partial charge in [-0.05, 0) is 37.7 Å². The van der Waals surface area contributed by atoms with Crippen LogP contribution in [0.25, 0.3) is 10.9 Å². The van der Waals surface area contributed by atoms with Crippen molar-refractivity contribution in [3.8, 4) is 0 Å². The number of fused-ring (bicyclic) bond motifs is 1. The lowest BCUT2D eigenvalue weighted by Crippen LogP contribution is -2.18. The molecule has 1 heterocycles. The van der Waals surface area contributed by atoms with E-state index in [1.54, 1.807) is 0 Å². The summed E-state index contributed by atoms with van der Waals surface area (Å²) in [6.07, 6.45) is 3.71. The van der Waals surface area contributed by atoms with Gasteiger partial charge in [-0.25, -0.2) is 0 Å². The Morgan fingerprint density at radius 3 is 2.89 bits per heavy atom. The number of carbonyl (C=O) groups excluding carboxylic acids is 1. The predicted octanol–water partition coefficient (Wildman–Crippen LogP) is 2.60. The summed E-state index contributed by atoms with van der Waals surface area (Å²) >= 11 is 0. The van der Waals surface area contributed by atoms with E-state index in [1.807, 2.05) is 19.2 Å². The van der Waals surface area contributed by atoms with E-state index < -0.39 is 0 Å². The monoisotopic (exact) mass is 259 g/mol. The van der Waals surface area contributed by atoms with Crippen LogP contribution in [-0.4, -0.2) is 24.1 Å². The van der Waals surface area contributed by atoms with Crippen LogP contribution in [0.15, 0.2) is 30.5 Å². The third-order valence-electron chi connectivity index (χ3n) is 3.12. The van der Waals surface area contributed by atoms with E-state index in [0.29, 0.717) is 13.0 Å². The second-order valence-corrected chi connectivity index (χ2v) is 4.68. The first-order chi connectivity index (χ1) is 9.24. The average Bonchev–Trinajstić information content (AvgIpc) is 2.79. The molecule has 0 unspecified atom stereocenters. The number of benzene rings is 1. The first-order valence-corrected chi connectivity index (χ1v) is 6.78. The molecular weight excluding hydrogens is 238 g/mol. The third kappa shape index (κ3) is 3.35. The van der Waals surface area contributed by atoms with E-state index in [4.69, 9.17) is 0 Å². The van der Waals surface area contributed by atoms with Crippen molar-refractivity contribution in [2.45, 2.75) is 26.3 Å². The summed E-state index contributed by atoms with van der Waals surface area (Å²) in [5.74, 6) is 0.0432. The van der Waals surface area contributed by atoms with Crippen molar-refractivity contribution >= 4 is 22.5 Å². The van der Waals surface area contributed by atoms with Crippen molar-refractivity contribution in [1.29, 1.82) is 0 Å². The van der Waals surface area contributed by atoms with Gasteiger partial charge in [0.15, 0.2) is 0 Å². The van der Waals surface area contributed by atoms with Crippen molar-refractivity contribution in [3.63, 3.8) is 0 Å². The minimum atomic E-state index is 0.0432. The number of aromatic nitrogens is 1. The van der Waals surface area contributed by atoms with Gasteiger partial charge in [-0.15, -0.1) is 0 Å². The molecule has 0 aliphatic heterocycles. The van der Waals surface area contributed by atoms with Crippen LogP contribution < -0.4 is 10.6 Å². The second kappa shape index (κ2) is 6.38. The van der Waals surface area contributed by atoms with Crippen LogP contribution in [0.1, 0.15) is 19.8 Å². The highest BCUT2D eigenvalue weighted by atomic mass is 16.1. The number of carbonyl (C=O) groups is 1. The van der Waals surface area contributed by atoms with E-state index in [9.17, 15) is 4.79 Å². The third-order valence-corrected chi connectivity index (χ3v) is 3.12. The molecule has 2 N–H and O–H groups in total. The normalized spacial score (nSPS) is 10.8. The molecule has 19 heavy (non-hydrogen) atoms. The standard InChI is InChI=1S/C15H21N3O/c1-3-9-18-10-7-12-11-13(4-5-14(12)18)17-15(19)6-8-16-2/h4-5,7,10-11,16H,3,6,8-9H2,1-2H3,(H,17,19). The lowest BCUT2D eigenvalue weighted by molar-refractivity contribution is -0.116. The molecule has 0 aliphatic rings. The topological polar surface area (TPSA) is 46.1 Å². The summed E-state index contributed by atoms with van der Waals surface area (Å²) in [7, 11) is 1.84.